The average Bonchev–Trinajstić information content (AvgIpc) is 2.90. The van der Waals surface area contributed by atoms with Crippen LogP contribution in [-0.4, -0.2) is 29.1 Å². The van der Waals surface area contributed by atoms with Gasteiger partial charge in [-0.05, 0) is 40.4 Å². The second-order valence-corrected chi connectivity index (χ2v) is 6.52. The Hall–Kier alpha value is -1.40. The van der Waals surface area contributed by atoms with Crippen molar-refractivity contribution in [2.45, 2.75) is 19.4 Å². The van der Waals surface area contributed by atoms with Gasteiger partial charge in [-0.3, -0.25) is 0 Å². The lowest BCUT2D eigenvalue weighted by Crippen LogP contribution is -2.32. The smallest absolute Gasteiger partial charge is 0.339 e. The van der Waals surface area contributed by atoms with Crippen molar-refractivity contribution in [1.29, 1.82) is 0 Å². The Bertz CT molecular complexity index is 601. The van der Waals surface area contributed by atoms with Gasteiger partial charge in [0.05, 0.1) is 0 Å². The molecule has 0 fully saturated rings. The molecule has 2 aromatic heterocycles. The summed E-state index contributed by atoms with van der Waals surface area (Å²) >= 11 is 4.96. The largest absolute Gasteiger partial charge is 0.478 e. The maximum atomic E-state index is 11.3. The van der Waals surface area contributed by atoms with E-state index in [0.717, 1.165) is 6.42 Å². The van der Waals surface area contributed by atoms with Gasteiger partial charge in [-0.15, -0.1) is 11.3 Å². The average molecular weight is 355 g/mol. The number of carbonyl (C=O) groups is 1. The SMILES string of the molecule is CC(Cc1cccs1)N(C)c1ncc(Br)cc1C(=O)O. The number of thiophene rings is 1. The first-order valence-electron chi connectivity index (χ1n) is 6.13. The molecule has 0 bridgehead atoms. The summed E-state index contributed by atoms with van der Waals surface area (Å²) in [5, 5.41) is 11.3. The Kier molecular flexibility index (Phi) is 4.77. The van der Waals surface area contributed by atoms with Crippen LogP contribution >= 0.6 is 27.3 Å². The van der Waals surface area contributed by atoms with Crippen LogP contribution in [0.3, 0.4) is 0 Å². The number of pyridine rings is 1. The van der Waals surface area contributed by atoms with Gasteiger partial charge in [0.15, 0.2) is 0 Å². The fourth-order valence-electron chi connectivity index (χ4n) is 1.94. The molecule has 106 valence electrons. The number of aromatic nitrogens is 1. The van der Waals surface area contributed by atoms with Gasteiger partial charge in [-0.1, -0.05) is 6.07 Å². The molecule has 0 aromatic carbocycles. The maximum absolute atomic E-state index is 11.3. The number of nitrogens with zero attached hydrogens (tertiary/aromatic N) is 2. The van der Waals surface area contributed by atoms with E-state index in [2.05, 4.69) is 33.9 Å². The van der Waals surface area contributed by atoms with Crippen LogP contribution in [0.2, 0.25) is 0 Å². The van der Waals surface area contributed by atoms with Crippen LogP contribution < -0.4 is 4.90 Å². The van der Waals surface area contributed by atoms with E-state index in [0.29, 0.717) is 10.3 Å². The van der Waals surface area contributed by atoms with Crippen molar-refractivity contribution < 1.29 is 9.90 Å². The second kappa shape index (κ2) is 6.37. The van der Waals surface area contributed by atoms with Crippen LogP contribution in [0, 0.1) is 0 Å². The molecule has 0 saturated carbocycles. The van der Waals surface area contributed by atoms with Crippen molar-refractivity contribution in [1.82, 2.24) is 4.98 Å². The molecule has 1 N–H and O–H groups in total. The van der Waals surface area contributed by atoms with Gasteiger partial charge in [0.25, 0.3) is 0 Å². The first-order chi connectivity index (χ1) is 9.49. The number of rotatable bonds is 5. The van der Waals surface area contributed by atoms with Gasteiger partial charge >= 0.3 is 5.97 Å². The zero-order valence-electron chi connectivity index (χ0n) is 11.2. The van der Waals surface area contributed by atoms with Crippen molar-refractivity contribution in [2.75, 3.05) is 11.9 Å². The normalized spacial score (nSPS) is 12.2. The number of hydrogen-bond donors (Lipinski definition) is 1. The lowest BCUT2D eigenvalue weighted by atomic mass is 10.1. The molecule has 0 spiro atoms. The number of likely N-dealkylation sites (N-methyl/N-ethyl adjacent to an activating group) is 1. The summed E-state index contributed by atoms with van der Waals surface area (Å²) < 4.78 is 0.665. The monoisotopic (exact) mass is 354 g/mol. The number of anilines is 1. The van der Waals surface area contributed by atoms with Gasteiger partial charge in [-0.25, -0.2) is 9.78 Å². The van der Waals surface area contributed by atoms with Gasteiger partial charge < -0.3 is 10.0 Å². The molecule has 0 amide bonds. The molecule has 0 radical (unpaired) electrons. The molecule has 20 heavy (non-hydrogen) atoms. The van der Waals surface area contributed by atoms with E-state index in [4.69, 9.17) is 0 Å². The Balaban J connectivity index is 2.24. The molecule has 2 aromatic rings. The van der Waals surface area contributed by atoms with Crippen LogP contribution in [0.25, 0.3) is 0 Å². The van der Waals surface area contributed by atoms with Crippen LogP contribution in [0.5, 0.6) is 0 Å². The Morgan fingerprint density at radius 3 is 2.95 bits per heavy atom. The van der Waals surface area contributed by atoms with E-state index in [1.54, 1.807) is 23.6 Å². The highest BCUT2D eigenvalue weighted by Crippen LogP contribution is 2.24. The lowest BCUT2D eigenvalue weighted by molar-refractivity contribution is 0.0697. The molecule has 0 saturated heterocycles. The molecule has 2 heterocycles. The molecule has 1 unspecified atom stereocenters. The zero-order valence-corrected chi connectivity index (χ0v) is 13.6. The van der Waals surface area contributed by atoms with E-state index < -0.39 is 5.97 Å². The molecule has 2 rings (SSSR count). The molecule has 1 atom stereocenters. The van der Waals surface area contributed by atoms with E-state index >= 15 is 0 Å². The first-order valence-corrected chi connectivity index (χ1v) is 7.80. The van der Waals surface area contributed by atoms with Crippen molar-refractivity contribution >= 4 is 39.1 Å². The molecule has 4 nitrogen and oxygen atoms in total. The van der Waals surface area contributed by atoms with Crippen LogP contribution in [0.4, 0.5) is 5.82 Å². The standard InChI is InChI=1S/C14H15BrN2O2S/c1-9(6-11-4-3-5-20-11)17(2)13-12(14(18)19)7-10(15)8-16-13/h3-5,7-9H,6H2,1-2H3,(H,18,19). The minimum absolute atomic E-state index is 0.167. The van der Waals surface area contributed by atoms with E-state index in [1.807, 2.05) is 23.4 Å². The lowest BCUT2D eigenvalue weighted by Gasteiger charge is -2.26. The van der Waals surface area contributed by atoms with Crippen molar-refractivity contribution in [3.63, 3.8) is 0 Å². The summed E-state index contributed by atoms with van der Waals surface area (Å²) in [5.74, 6) is -0.478. The third-order valence-corrected chi connectivity index (χ3v) is 4.47. The van der Waals surface area contributed by atoms with E-state index in [9.17, 15) is 9.90 Å². The predicted molar refractivity (Wildman–Crippen MR) is 84.8 cm³/mol. The maximum Gasteiger partial charge on any atom is 0.339 e. The van der Waals surface area contributed by atoms with Crippen molar-refractivity contribution in [2.24, 2.45) is 0 Å². The van der Waals surface area contributed by atoms with Gasteiger partial charge in [0, 0.05) is 35.1 Å². The third-order valence-electron chi connectivity index (χ3n) is 3.14. The number of hydrogen-bond acceptors (Lipinski definition) is 4. The summed E-state index contributed by atoms with van der Waals surface area (Å²) in [6, 6.07) is 5.86. The predicted octanol–water partition coefficient (Wildman–Crippen LogP) is 3.67. The van der Waals surface area contributed by atoms with Crippen molar-refractivity contribution in [3.05, 3.63) is 44.7 Å². The van der Waals surface area contributed by atoms with Gasteiger partial charge in [0.1, 0.15) is 11.4 Å². The summed E-state index contributed by atoms with van der Waals surface area (Å²) in [6.07, 6.45) is 2.49. The summed E-state index contributed by atoms with van der Waals surface area (Å²) in [6.45, 7) is 2.06. The molecule has 0 aliphatic rings. The Labute approximate surface area is 130 Å². The molecule has 0 aliphatic carbocycles. The number of aromatic carboxylic acids is 1. The van der Waals surface area contributed by atoms with E-state index in [1.165, 1.54) is 4.88 Å². The summed E-state index contributed by atoms with van der Waals surface area (Å²) in [7, 11) is 1.88. The van der Waals surface area contributed by atoms with Gasteiger partial charge in [-0.2, -0.15) is 0 Å². The van der Waals surface area contributed by atoms with Gasteiger partial charge in [0.2, 0.25) is 0 Å². The fraction of sp³-hybridized carbons (Fsp3) is 0.286. The van der Waals surface area contributed by atoms with Crippen LogP contribution in [0.1, 0.15) is 22.2 Å². The highest BCUT2D eigenvalue weighted by molar-refractivity contribution is 9.10. The van der Waals surface area contributed by atoms with Crippen LogP contribution in [-0.2, 0) is 6.42 Å². The first kappa shape index (κ1) is 15.0. The molecule has 6 heteroatoms. The minimum atomic E-state index is -0.969. The number of halogens is 1. The third kappa shape index (κ3) is 3.37. The van der Waals surface area contributed by atoms with E-state index in [-0.39, 0.29) is 11.6 Å². The highest BCUT2D eigenvalue weighted by atomic mass is 79.9. The van der Waals surface area contributed by atoms with Crippen molar-refractivity contribution in [3.8, 4) is 0 Å². The second-order valence-electron chi connectivity index (χ2n) is 4.57. The summed E-state index contributed by atoms with van der Waals surface area (Å²) in [5.41, 5.74) is 0.208. The molecular formula is C14H15BrN2O2S. The molecular weight excluding hydrogens is 340 g/mol. The van der Waals surface area contributed by atoms with Crippen LogP contribution in [0.15, 0.2) is 34.2 Å². The number of carboxylic acid groups (broad SMARTS) is 1. The fourth-order valence-corrected chi connectivity index (χ4v) is 3.09. The summed E-state index contributed by atoms with van der Waals surface area (Å²) in [4.78, 5) is 18.8. The number of carboxylic acids is 1. The Morgan fingerprint density at radius 2 is 2.35 bits per heavy atom. The molecule has 0 aliphatic heterocycles. The quantitative estimate of drug-likeness (QED) is 0.889. The Morgan fingerprint density at radius 1 is 1.60 bits per heavy atom. The zero-order chi connectivity index (χ0) is 14.7. The minimum Gasteiger partial charge on any atom is -0.478 e. The topological polar surface area (TPSA) is 53.4 Å². The highest BCUT2D eigenvalue weighted by Gasteiger charge is 2.19.